The molecular formula is C82H154O5. The summed E-state index contributed by atoms with van der Waals surface area (Å²) < 4.78 is 19.2. The maximum absolute atomic E-state index is 11.5. The van der Waals surface area contributed by atoms with Crippen molar-refractivity contribution in [2.45, 2.75) is 352 Å². The molecule has 3 aliphatic carbocycles. The van der Waals surface area contributed by atoms with Crippen molar-refractivity contribution in [3.63, 3.8) is 0 Å². The van der Waals surface area contributed by atoms with E-state index in [9.17, 15) is 5.11 Å². The Morgan fingerprint density at radius 2 is 1.16 bits per heavy atom. The molecule has 512 valence electrons. The van der Waals surface area contributed by atoms with Gasteiger partial charge in [0.05, 0.1) is 30.2 Å². The summed E-state index contributed by atoms with van der Waals surface area (Å²) in [5.74, 6) is 8.82. The van der Waals surface area contributed by atoms with Crippen LogP contribution in [0.4, 0.5) is 0 Å². The number of hydrogen-bond acceptors (Lipinski definition) is 5. The Kier molecular flexibility index (Phi) is 50.9. The first-order chi connectivity index (χ1) is 41.0. The number of aliphatic hydroxyl groups excluding tert-OH is 1. The maximum atomic E-state index is 11.5. The van der Waals surface area contributed by atoms with Crippen molar-refractivity contribution in [3.8, 4) is 5.75 Å². The van der Waals surface area contributed by atoms with E-state index in [0.717, 1.165) is 104 Å². The summed E-state index contributed by atoms with van der Waals surface area (Å²) in [5, 5.41) is 20.6. The van der Waals surface area contributed by atoms with Gasteiger partial charge in [0.1, 0.15) is 5.75 Å². The molecule has 1 heterocycles. The Morgan fingerprint density at radius 3 is 1.66 bits per heavy atom. The van der Waals surface area contributed by atoms with Gasteiger partial charge >= 0.3 is 0 Å². The number of rotatable bonds is 19. The molecule has 5 rings (SSSR count). The van der Waals surface area contributed by atoms with Crippen LogP contribution in [0.15, 0.2) is 73.1 Å². The highest BCUT2D eigenvalue weighted by atomic mass is 16.7. The van der Waals surface area contributed by atoms with Crippen molar-refractivity contribution in [1.82, 2.24) is 0 Å². The van der Waals surface area contributed by atoms with E-state index in [0.29, 0.717) is 42.6 Å². The Hall–Kier alpha value is -2.60. The highest BCUT2D eigenvalue weighted by Gasteiger charge is 2.40. The molecule has 5 unspecified atom stereocenters. The van der Waals surface area contributed by atoms with Gasteiger partial charge in [-0.15, -0.1) is 0 Å². The third kappa shape index (κ3) is 39.4. The second kappa shape index (κ2) is 50.0. The van der Waals surface area contributed by atoms with Gasteiger partial charge in [-0.1, -0.05) is 254 Å². The van der Waals surface area contributed by atoms with Gasteiger partial charge in [-0.2, -0.15) is 0 Å². The van der Waals surface area contributed by atoms with E-state index < -0.39 is 5.60 Å². The zero-order valence-corrected chi connectivity index (χ0v) is 63.3. The second-order valence-corrected chi connectivity index (χ2v) is 28.5. The van der Waals surface area contributed by atoms with Gasteiger partial charge < -0.3 is 24.4 Å². The lowest BCUT2D eigenvalue weighted by atomic mass is 9.72. The topological polar surface area (TPSA) is 68.2 Å². The van der Waals surface area contributed by atoms with Crippen molar-refractivity contribution in [2.24, 2.45) is 70.5 Å². The molecule has 11 atom stereocenters. The molecule has 0 aromatic heterocycles. The molecule has 1 aromatic carbocycles. The van der Waals surface area contributed by atoms with Gasteiger partial charge in [0, 0.05) is 18.8 Å². The van der Waals surface area contributed by atoms with Crippen LogP contribution in [0.25, 0.3) is 5.57 Å². The minimum Gasteiger partial charge on any atom is -0.513 e. The van der Waals surface area contributed by atoms with Gasteiger partial charge in [-0.25, -0.2) is 0 Å². The molecule has 5 heteroatoms. The average molecular weight is 1220 g/mol. The fourth-order valence-electron chi connectivity index (χ4n) is 13.8. The van der Waals surface area contributed by atoms with Crippen LogP contribution < -0.4 is 4.74 Å². The molecule has 0 radical (unpaired) electrons. The van der Waals surface area contributed by atoms with E-state index in [4.69, 9.17) is 19.3 Å². The average Bonchev–Trinajstić information content (AvgIpc) is 4.04. The van der Waals surface area contributed by atoms with Crippen molar-refractivity contribution in [2.75, 3.05) is 6.61 Å². The molecule has 4 fully saturated rings. The highest BCUT2D eigenvalue weighted by Crippen LogP contribution is 2.43. The number of aliphatic hydroxyl groups is 2. The normalized spacial score (nSPS) is 29.1. The SMILES string of the molecule is C=C(O)CCCCCOc1ccc(C)c(C(=C)/C(=C\C)C(=C)CCCCCCC)c1.C=C1C[C@H](CC)[C@H](C)C(C)C(C)CC[C@H](C)C[C@@](C)(O)C[C@@H](C)[C@H](OC2CC(C)(C)CC(C)O2)C1C.CC.CC.CC.CC.CC1CC(C)CC(C)C1.CC1CC1. The van der Waals surface area contributed by atoms with E-state index >= 15 is 0 Å². The van der Waals surface area contributed by atoms with Crippen LogP contribution in [0, 0.1) is 77.4 Å². The zero-order chi connectivity index (χ0) is 67.6. The molecule has 4 aliphatic rings. The lowest BCUT2D eigenvalue weighted by Crippen LogP contribution is -2.44. The van der Waals surface area contributed by atoms with Crippen LogP contribution in [-0.4, -0.2) is 40.9 Å². The Morgan fingerprint density at radius 1 is 0.644 bits per heavy atom. The molecule has 0 bridgehead atoms. The molecular weight excluding hydrogens is 1060 g/mol. The van der Waals surface area contributed by atoms with Crippen LogP contribution in [-0.2, 0) is 9.47 Å². The van der Waals surface area contributed by atoms with Crippen LogP contribution in [0.1, 0.15) is 332 Å². The predicted octanol–water partition coefficient (Wildman–Crippen LogP) is 26.5. The molecule has 1 saturated heterocycles. The predicted molar refractivity (Wildman–Crippen MR) is 391 cm³/mol. The van der Waals surface area contributed by atoms with Crippen LogP contribution >= 0.6 is 0 Å². The van der Waals surface area contributed by atoms with E-state index in [1.54, 1.807) is 0 Å². The molecule has 5 nitrogen and oxygen atoms in total. The van der Waals surface area contributed by atoms with E-state index in [1.165, 1.54) is 100 Å². The van der Waals surface area contributed by atoms with Crippen LogP contribution in [0.2, 0.25) is 0 Å². The fraction of sp³-hybridized carbons (Fsp3) is 0.805. The first-order valence-corrected chi connectivity index (χ1v) is 36.9. The summed E-state index contributed by atoms with van der Waals surface area (Å²) in [7, 11) is 0. The summed E-state index contributed by atoms with van der Waals surface area (Å²) in [6.45, 7) is 74.9. The van der Waals surface area contributed by atoms with Crippen molar-refractivity contribution in [3.05, 3.63) is 84.2 Å². The molecule has 1 aliphatic heterocycles. The van der Waals surface area contributed by atoms with E-state index in [1.807, 2.05) is 68.4 Å². The van der Waals surface area contributed by atoms with Crippen molar-refractivity contribution >= 4 is 5.57 Å². The summed E-state index contributed by atoms with van der Waals surface area (Å²) >= 11 is 0. The molecule has 2 N–H and O–H groups in total. The van der Waals surface area contributed by atoms with Gasteiger partial charge in [0.2, 0.25) is 0 Å². The lowest BCUT2D eigenvalue weighted by Gasteiger charge is -2.43. The summed E-state index contributed by atoms with van der Waals surface area (Å²) in [5.41, 5.74) is 6.51. The zero-order valence-electron chi connectivity index (χ0n) is 63.3. The minimum absolute atomic E-state index is 0.0142. The van der Waals surface area contributed by atoms with Gasteiger partial charge in [-0.05, 0) is 209 Å². The Balaban J connectivity index is -0.00000123. The first-order valence-electron chi connectivity index (χ1n) is 36.9. The maximum Gasteiger partial charge on any atom is 0.158 e. The number of benzene rings is 1. The number of hydrogen-bond donors (Lipinski definition) is 2. The number of ether oxygens (including phenoxy) is 3. The quantitative estimate of drug-likeness (QED) is 0.0625. The van der Waals surface area contributed by atoms with Gasteiger partial charge in [0.15, 0.2) is 6.29 Å². The van der Waals surface area contributed by atoms with Crippen molar-refractivity contribution < 1.29 is 24.4 Å². The van der Waals surface area contributed by atoms with Crippen molar-refractivity contribution in [1.29, 1.82) is 0 Å². The molecule has 0 spiro atoms. The van der Waals surface area contributed by atoms with Gasteiger partial charge in [0.25, 0.3) is 0 Å². The lowest BCUT2D eigenvalue weighted by molar-refractivity contribution is -0.247. The molecule has 87 heavy (non-hydrogen) atoms. The largest absolute Gasteiger partial charge is 0.513 e. The highest BCUT2D eigenvalue weighted by molar-refractivity contribution is 5.83. The van der Waals surface area contributed by atoms with Gasteiger partial charge in [-0.3, -0.25) is 0 Å². The Labute approximate surface area is 546 Å². The smallest absolute Gasteiger partial charge is 0.158 e. The summed E-state index contributed by atoms with van der Waals surface area (Å²) in [4.78, 5) is 0. The number of aryl methyl sites for hydroxylation is 1. The Bertz CT molecular complexity index is 1910. The van der Waals surface area contributed by atoms with Crippen LogP contribution in [0.3, 0.4) is 0 Å². The molecule has 0 amide bonds. The van der Waals surface area contributed by atoms with Crippen LogP contribution in [0.5, 0.6) is 5.75 Å². The number of allylic oxidation sites excluding steroid dienone is 5. The van der Waals surface area contributed by atoms with E-state index in [2.05, 4.69) is 162 Å². The first kappa shape index (κ1) is 88.6. The minimum atomic E-state index is -0.699. The monoisotopic (exact) mass is 1220 g/mol. The third-order valence-corrected chi connectivity index (χ3v) is 18.9. The second-order valence-electron chi connectivity index (χ2n) is 28.5. The fourth-order valence-corrected chi connectivity index (χ4v) is 13.8. The standard InChI is InChI=1S/C33H62O3.C28H42O2.C9H18.C4H8.4C2H6/c1-13-29-16-23(4)27(8)31(36-30-20-32(10,11)19-25(6)35-30)24(5)18-33(12,34)17-21(2)14-15-22(3)26(7)28(29)9;1-7-9-10-11-13-16-22(3)27(8-2)25(6)28-21-26(19-18-23(28)4)30-20-15-12-14-17-24(5)29;1-7-4-8(2)6-9(3)5-7;1-4-2-3-4;4*1-2/h21-22,24-31,34H,4,13-20H2,1-3,5-12H3;8,18-19,21,29H,3,5-7,9-17,20H2,1-2,4H3;7-9H,4-6H2,1-3H3;4H,2-3H2,1H3;4*1-2H3/b;27-8-;;;;;;/t21-,22?,24+,25?,26?,27?,28+,29-,30?,31-,33+;;;;;;;/m0......./s1. The third-order valence-electron chi connectivity index (χ3n) is 18.9. The number of unbranched alkanes of at least 4 members (excludes halogenated alkanes) is 6. The van der Waals surface area contributed by atoms with E-state index in [-0.39, 0.29) is 41.5 Å². The molecule has 3 saturated carbocycles. The summed E-state index contributed by atoms with van der Waals surface area (Å²) in [6, 6.07) is 6.23. The summed E-state index contributed by atoms with van der Waals surface area (Å²) in [6.07, 6.45) is 28.7. The molecule has 1 aromatic rings.